The summed E-state index contributed by atoms with van der Waals surface area (Å²) in [5, 5.41) is 3.34. The Morgan fingerprint density at radius 2 is 1.60 bits per heavy atom. The van der Waals surface area contributed by atoms with Gasteiger partial charge < -0.3 is 10.2 Å². The minimum Gasteiger partial charge on any atom is -0.336 e. The number of nitrogens with one attached hydrogen (secondary N) is 1. The largest absolute Gasteiger partial charge is 0.336 e. The fraction of sp³-hybridized carbons (Fsp3) is 0.381. The zero-order valence-corrected chi connectivity index (χ0v) is 14.9. The van der Waals surface area contributed by atoms with Crippen molar-refractivity contribution in [3.05, 3.63) is 71.8 Å². The second-order valence-electron chi connectivity index (χ2n) is 6.76. The molecule has 0 bridgehead atoms. The highest BCUT2D eigenvalue weighted by Crippen LogP contribution is 2.12. The standard InChI is InChI=1S/C21H27N3O/c1-18-14-22-12-13-24(18)21(25)17-23(15-19-8-4-2-5-9-19)16-20-10-6-3-7-11-20/h2-11,18,22H,12-17H2,1H3/t18-/m1/s1. The molecule has 1 aliphatic heterocycles. The molecule has 132 valence electrons. The van der Waals surface area contributed by atoms with E-state index in [4.69, 9.17) is 0 Å². The number of rotatable bonds is 6. The Kier molecular flexibility index (Phi) is 6.20. The van der Waals surface area contributed by atoms with Crippen LogP contribution in [0.25, 0.3) is 0 Å². The van der Waals surface area contributed by atoms with Crippen molar-refractivity contribution < 1.29 is 4.79 Å². The molecule has 4 nitrogen and oxygen atoms in total. The Balaban J connectivity index is 1.70. The lowest BCUT2D eigenvalue weighted by Gasteiger charge is -2.35. The third-order valence-electron chi connectivity index (χ3n) is 4.68. The number of hydrogen-bond donors (Lipinski definition) is 1. The highest BCUT2D eigenvalue weighted by atomic mass is 16.2. The number of amides is 1. The predicted molar refractivity (Wildman–Crippen MR) is 101 cm³/mol. The molecule has 2 aromatic carbocycles. The van der Waals surface area contributed by atoms with Crippen LogP contribution in [0.2, 0.25) is 0 Å². The van der Waals surface area contributed by atoms with E-state index >= 15 is 0 Å². The average molecular weight is 337 g/mol. The van der Waals surface area contributed by atoms with Gasteiger partial charge in [0.2, 0.25) is 5.91 Å². The van der Waals surface area contributed by atoms with Gasteiger partial charge in [0.15, 0.2) is 0 Å². The van der Waals surface area contributed by atoms with Gasteiger partial charge in [0.1, 0.15) is 0 Å². The van der Waals surface area contributed by atoms with E-state index < -0.39 is 0 Å². The lowest BCUT2D eigenvalue weighted by atomic mass is 10.1. The van der Waals surface area contributed by atoms with E-state index in [0.29, 0.717) is 6.54 Å². The molecular weight excluding hydrogens is 310 g/mol. The van der Waals surface area contributed by atoms with Gasteiger partial charge in [0.05, 0.1) is 6.54 Å². The van der Waals surface area contributed by atoms with Crippen LogP contribution in [0.15, 0.2) is 60.7 Å². The van der Waals surface area contributed by atoms with Crippen LogP contribution in [0.3, 0.4) is 0 Å². The van der Waals surface area contributed by atoms with Gasteiger partial charge in [-0.15, -0.1) is 0 Å². The monoisotopic (exact) mass is 337 g/mol. The lowest BCUT2D eigenvalue weighted by molar-refractivity contribution is -0.135. The summed E-state index contributed by atoms with van der Waals surface area (Å²) in [5.74, 6) is 0.223. The van der Waals surface area contributed by atoms with Crippen LogP contribution in [0.1, 0.15) is 18.1 Å². The van der Waals surface area contributed by atoms with Crippen molar-refractivity contribution in [2.24, 2.45) is 0 Å². The van der Waals surface area contributed by atoms with Crippen molar-refractivity contribution in [2.45, 2.75) is 26.1 Å². The zero-order valence-electron chi connectivity index (χ0n) is 14.9. The van der Waals surface area contributed by atoms with Gasteiger partial charge in [-0.25, -0.2) is 0 Å². The second-order valence-corrected chi connectivity index (χ2v) is 6.76. The first-order chi connectivity index (χ1) is 12.2. The van der Waals surface area contributed by atoms with Gasteiger partial charge in [-0.2, -0.15) is 0 Å². The first-order valence-electron chi connectivity index (χ1n) is 9.03. The fourth-order valence-electron chi connectivity index (χ4n) is 3.34. The minimum absolute atomic E-state index is 0.223. The molecule has 1 fully saturated rings. The number of benzene rings is 2. The molecule has 1 saturated heterocycles. The second kappa shape index (κ2) is 8.79. The lowest BCUT2D eigenvalue weighted by Crippen LogP contribution is -2.54. The molecule has 1 aliphatic rings. The maximum Gasteiger partial charge on any atom is 0.237 e. The smallest absolute Gasteiger partial charge is 0.237 e. The first-order valence-corrected chi connectivity index (χ1v) is 9.03. The molecule has 1 N–H and O–H groups in total. The van der Waals surface area contributed by atoms with E-state index in [1.54, 1.807) is 0 Å². The Morgan fingerprint density at radius 3 is 2.12 bits per heavy atom. The number of carbonyl (C=O) groups is 1. The Bertz CT molecular complexity index is 618. The Morgan fingerprint density at radius 1 is 1.04 bits per heavy atom. The van der Waals surface area contributed by atoms with Gasteiger partial charge in [0, 0.05) is 38.8 Å². The molecule has 1 heterocycles. The van der Waals surface area contributed by atoms with Crippen molar-refractivity contribution in [3.8, 4) is 0 Å². The highest BCUT2D eigenvalue weighted by molar-refractivity contribution is 5.78. The van der Waals surface area contributed by atoms with E-state index in [2.05, 4.69) is 65.7 Å². The van der Waals surface area contributed by atoms with Gasteiger partial charge in [0.25, 0.3) is 0 Å². The van der Waals surface area contributed by atoms with E-state index in [1.807, 2.05) is 17.0 Å². The van der Waals surface area contributed by atoms with Gasteiger partial charge >= 0.3 is 0 Å². The summed E-state index contributed by atoms with van der Waals surface area (Å²) in [6.07, 6.45) is 0. The summed E-state index contributed by atoms with van der Waals surface area (Å²) in [5.41, 5.74) is 2.47. The summed E-state index contributed by atoms with van der Waals surface area (Å²) in [4.78, 5) is 17.1. The van der Waals surface area contributed by atoms with Gasteiger partial charge in [-0.05, 0) is 18.1 Å². The van der Waals surface area contributed by atoms with Gasteiger partial charge in [-0.3, -0.25) is 9.69 Å². The van der Waals surface area contributed by atoms with Crippen LogP contribution in [0.4, 0.5) is 0 Å². The quantitative estimate of drug-likeness (QED) is 0.880. The van der Waals surface area contributed by atoms with Crippen molar-refractivity contribution in [1.82, 2.24) is 15.1 Å². The fourth-order valence-corrected chi connectivity index (χ4v) is 3.34. The predicted octanol–water partition coefficient (Wildman–Crippen LogP) is 2.51. The molecule has 0 aromatic heterocycles. The normalized spacial score (nSPS) is 17.7. The molecule has 0 radical (unpaired) electrons. The Hall–Kier alpha value is -2.17. The summed E-state index contributed by atoms with van der Waals surface area (Å²) in [7, 11) is 0. The SMILES string of the molecule is C[C@@H]1CNCCN1C(=O)CN(Cc1ccccc1)Cc1ccccc1. The molecule has 2 aromatic rings. The number of nitrogens with zero attached hydrogens (tertiary/aromatic N) is 2. The van der Waals surface area contributed by atoms with Crippen molar-refractivity contribution in [1.29, 1.82) is 0 Å². The van der Waals surface area contributed by atoms with Crippen LogP contribution in [0.5, 0.6) is 0 Å². The number of hydrogen-bond acceptors (Lipinski definition) is 3. The molecule has 25 heavy (non-hydrogen) atoms. The summed E-state index contributed by atoms with van der Waals surface area (Å²) in [6.45, 7) is 6.68. The van der Waals surface area contributed by atoms with Crippen LogP contribution < -0.4 is 5.32 Å². The summed E-state index contributed by atoms with van der Waals surface area (Å²) >= 11 is 0. The molecule has 0 saturated carbocycles. The third kappa shape index (κ3) is 5.15. The van der Waals surface area contributed by atoms with Crippen molar-refractivity contribution in [3.63, 3.8) is 0 Å². The van der Waals surface area contributed by atoms with Crippen molar-refractivity contribution >= 4 is 5.91 Å². The molecule has 0 unspecified atom stereocenters. The molecule has 1 atom stereocenters. The Labute approximate surface area is 150 Å². The van der Waals surface area contributed by atoms with E-state index in [0.717, 1.165) is 32.7 Å². The average Bonchev–Trinajstić information content (AvgIpc) is 2.63. The number of carbonyl (C=O) groups excluding carboxylic acids is 1. The molecule has 0 spiro atoms. The topological polar surface area (TPSA) is 35.6 Å². The maximum absolute atomic E-state index is 12.9. The third-order valence-corrected chi connectivity index (χ3v) is 4.68. The van der Waals surface area contributed by atoms with E-state index in [1.165, 1.54) is 11.1 Å². The van der Waals surface area contributed by atoms with Gasteiger partial charge in [-0.1, -0.05) is 60.7 Å². The van der Waals surface area contributed by atoms with E-state index in [9.17, 15) is 4.79 Å². The van der Waals surface area contributed by atoms with Crippen molar-refractivity contribution in [2.75, 3.05) is 26.2 Å². The van der Waals surface area contributed by atoms with Crippen LogP contribution in [-0.4, -0.2) is 47.9 Å². The summed E-state index contributed by atoms with van der Waals surface area (Å²) < 4.78 is 0. The molecule has 4 heteroatoms. The molecular formula is C21H27N3O. The number of piperazine rings is 1. The molecule has 3 rings (SSSR count). The van der Waals surface area contributed by atoms with E-state index in [-0.39, 0.29) is 11.9 Å². The molecule has 1 amide bonds. The minimum atomic E-state index is 0.223. The molecule has 0 aliphatic carbocycles. The van der Waals surface area contributed by atoms with Crippen LogP contribution in [-0.2, 0) is 17.9 Å². The van der Waals surface area contributed by atoms with Crippen LogP contribution >= 0.6 is 0 Å². The van der Waals surface area contributed by atoms with Crippen LogP contribution in [0, 0.1) is 0 Å². The maximum atomic E-state index is 12.9. The summed E-state index contributed by atoms with van der Waals surface area (Å²) in [6, 6.07) is 21.0. The highest BCUT2D eigenvalue weighted by Gasteiger charge is 2.24. The first kappa shape index (κ1) is 17.6. The zero-order chi connectivity index (χ0) is 17.5.